The molecule has 1 aliphatic heterocycles. The van der Waals surface area contributed by atoms with E-state index in [1.54, 1.807) is 42.5 Å². The zero-order valence-corrected chi connectivity index (χ0v) is 21.5. The highest BCUT2D eigenvalue weighted by Gasteiger charge is 2.30. The Bertz CT molecular complexity index is 1520. The van der Waals surface area contributed by atoms with Crippen molar-refractivity contribution in [2.24, 2.45) is 0 Å². The molecule has 0 bridgehead atoms. The van der Waals surface area contributed by atoms with Crippen molar-refractivity contribution in [3.63, 3.8) is 0 Å². The van der Waals surface area contributed by atoms with Gasteiger partial charge in [0.2, 0.25) is 5.91 Å². The summed E-state index contributed by atoms with van der Waals surface area (Å²) in [7, 11) is 0. The second-order valence-electron chi connectivity index (χ2n) is 9.43. The van der Waals surface area contributed by atoms with Gasteiger partial charge in [-0.3, -0.25) is 9.59 Å². The van der Waals surface area contributed by atoms with E-state index in [0.717, 1.165) is 28.8 Å². The van der Waals surface area contributed by atoms with Gasteiger partial charge in [-0.05, 0) is 76.7 Å². The molecule has 39 heavy (non-hydrogen) atoms. The van der Waals surface area contributed by atoms with Crippen molar-refractivity contribution in [1.82, 2.24) is 4.90 Å². The molecule has 0 atom stereocenters. The standard InChI is InChI=1S/C31H24ClF3N2O2/c32-25-12-5-20(6-13-25)17-29(38)37-16-15-22-18-26(14-9-23(22)19-37)36-30(39)28-4-2-1-3-27(28)21-7-10-24(11-8-21)31(33,34)35/h1-14,18H,15-17,19H2,(H,36,39). The number of rotatable bonds is 5. The van der Waals surface area contributed by atoms with Gasteiger partial charge in [-0.25, -0.2) is 0 Å². The Morgan fingerprint density at radius 3 is 2.31 bits per heavy atom. The highest BCUT2D eigenvalue weighted by atomic mass is 35.5. The van der Waals surface area contributed by atoms with Gasteiger partial charge in [-0.15, -0.1) is 0 Å². The van der Waals surface area contributed by atoms with Gasteiger partial charge in [-0.1, -0.05) is 60.1 Å². The molecule has 4 aromatic carbocycles. The highest BCUT2D eigenvalue weighted by Crippen LogP contribution is 2.32. The summed E-state index contributed by atoms with van der Waals surface area (Å²) < 4.78 is 38.9. The first-order valence-corrected chi connectivity index (χ1v) is 12.8. The van der Waals surface area contributed by atoms with Crippen LogP contribution in [0.15, 0.2) is 91.0 Å². The van der Waals surface area contributed by atoms with Gasteiger partial charge in [0, 0.05) is 29.4 Å². The summed E-state index contributed by atoms with van der Waals surface area (Å²) in [5, 5.41) is 3.54. The van der Waals surface area contributed by atoms with Crippen molar-refractivity contribution >= 4 is 29.1 Å². The van der Waals surface area contributed by atoms with Crippen LogP contribution in [0.25, 0.3) is 11.1 Å². The first kappa shape index (κ1) is 26.5. The molecule has 1 N–H and O–H groups in total. The van der Waals surface area contributed by atoms with E-state index in [4.69, 9.17) is 11.6 Å². The van der Waals surface area contributed by atoms with Crippen LogP contribution in [0.3, 0.4) is 0 Å². The summed E-state index contributed by atoms with van der Waals surface area (Å²) in [6.45, 7) is 1.07. The summed E-state index contributed by atoms with van der Waals surface area (Å²) in [5.41, 5.74) is 4.26. The van der Waals surface area contributed by atoms with Crippen LogP contribution in [0.4, 0.5) is 18.9 Å². The van der Waals surface area contributed by atoms with Crippen LogP contribution < -0.4 is 5.32 Å². The molecule has 1 heterocycles. The van der Waals surface area contributed by atoms with Gasteiger partial charge >= 0.3 is 6.18 Å². The summed E-state index contributed by atoms with van der Waals surface area (Å²) in [5.74, 6) is -0.318. The maximum atomic E-state index is 13.2. The smallest absolute Gasteiger partial charge is 0.338 e. The minimum absolute atomic E-state index is 0.0419. The predicted molar refractivity (Wildman–Crippen MR) is 146 cm³/mol. The molecule has 2 amide bonds. The van der Waals surface area contributed by atoms with Gasteiger partial charge in [0.15, 0.2) is 0 Å². The minimum Gasteiger partial charge on any atom is -0.338 e. The lowest BCUT2D eigenvalue weighted by atomic mass is 9.97. The summed E-state index contributed by atoms with van der Waals surface area (Å²) in [6.07, 6.45) is -3.46. The van der Waals surface area contributed by atoms with Crippen molar-refractivity contribution in [2.75, 3.05) is 11.9 Å². The molecule has 0 unspecified atom stereocenters. The molecule has 0 saturated carbocycles. The second-order valence-corrected chi connectivity index (χ2v) is 9.86. The van der Waals surface area contributed by atoms with Gasteiger partial charge < -0.3 is 10.2 Å². The van der Waals surface area contributed by atoms with Crippen LogP contribution in [0.1, 0.15) is 32.6 Å². The van der Waals surface area contributed by atoms with Gasteiger partial charge in [-0.2, -0.15) is 13.2 Å². The monoisotopic (exact) mass is 548 g/mol. The number of nitrogens with zero attached hydrogens (tertiary/aromatic N) is 1. The fourth-order valence-electron chi connectivity index (χ4n) is 4.70. The number of benzene rings is 4. The van der Waals surface area contributed by atoms with Crippen molar-refractivity contribution in [3.8, 4) is 11.1 Å². The zero-order valence-electron chi connectivity index (χ0n) is 20.8. The Hall–Kier alpha value is -4.10. The van der Waals surface area contributed by atoms with Crippen LogP contribution in [-0.4, -0.2) is 23.3 Å². The average molecular weight is 549 g/mol. The first-order chi connectivity index (χ1) is 18.7. The molecule has 0 saturated heterocycles. The number of carbonyl (C=O) groups excluding carboxylic acids is 2. The Morgan fingerprint density at radius 2 is 1.59 bits per heavy atom. The molecule has 0 aromatic heterocycles. The van der Waals surface area contributed by atoms with E-state index >= 15 is 0 Å². The van der Waals surface area contributed by atoms with Crippen molar-refractivity contribution in [1.29, 1.82) is 0 Å². The zero-order chi connectivity index (χ0) is 27.6. The fraction of sp³-hybridized carbons (Fsp3) is 0.161. The first-order valence-electron chi connectivity index (χ1n) is 12.4. The van der Waals surface area contributed by atoms with E-state index < -0.39 is 11.7 Å². The molecule has 0 spiro atoms. The minimum atomic E-state index is -4.43. The van der Waals surface area contributed by atoms with Gasteiger partial charge in [0.1, 0.15) is 0 Å². The molecule has 0 radical (unpaired) electrons. The molecule has 4 aromatic rings. The molecular formula is C31H24ClF3N2O2. The van der Waals surface area contributed by atoms with Crippen LogP contribution in [0.2, 0.25) is 5.02 Å². The Balaban J connectivity index is 1.27. The Morgan fingerprint density at radius 1 is 0.872 bits per heavy atom. The average Bonchev–Trinajstić information content (AvgIpc) is 2.93. The number of amides is 2. The van der Waals surface area contributed by atoms with Gasteiger partial charge in [0.05, 0.1) is 12.0 Å². The maximum Gasteiger partial charge on any atom is 0.416 e. The quantitative estimate of drug-likeness (QED) is 0.282. The van der Waals surface area contributed by atoms with E-state index in [0.29, 0.717) is 53.3 Å². The fourth-order valence-corrected chi connectivity index (χ4v) is 4.83. The molecule has 8 heteroatoms. The van der Waals surface area contributed by atoms with E-state index in [1.807, 2.05) is 29.2 Å². The highest BCUT2D eigenvalue weighted by molar-refractivity contribution is 6.30. The largest absolute Gasteiger partial charge is 0.416 e. The van der Waals surface area contributed by atoms with Crippen molar-refractivity contribution < 1.29 is 22.8 Å². The molecule has 1 aliphatic rings. The molecule has 198 valence electrons. The Labute approximate surface area is 229 Å². The summed E-state index contributed by atoms with van der Waals surface area (Å²) >= 11 is 5.93. The predicted octanol–water partition coefficient (Wildman–Crippen LogP) is 7.41. The molecular weight excluding hydrogens is 525 g/mol. The number of anilines is 1. The van der Waals surface area contributed by atoms with E-state index in [1.165, 1.54) is 12.1 Å². The molecule has 0 aliphatic carbocycles. The summed E-state index contributed by atoms with van der Waals surface area (Å²) in [6, 6.07) is 24.4. The van der Waals surface area contributed by atoms with E-state index in [-0.39, 0.29) is 11.8 Å². The van der Waals surface area contributed by atoms with Gasteiger partial charge in [0.25, 0.3) is 5.91 Å². The summed E-state index contributed by atoms with van der Waals surface area (Å²) in [4.78, 5) is 27.8. The third kappa shape index (κ3) is 6.15. The lowest BCUT2D eigenvalue weighted by Gasteiger charge is -2.29. The topological polar surface area (TPSA) is 49.4 Å². The maximum absolute atomic E-state index is 13.2. The number of carbonyl (C=O) groups is 2. The number of hydrogen-bond acceptors (Lipinski definition) is 2. The lowest BCUT2D eigenvalue weighted by Crippen LogP contribution is -2.36. The van der Waals surface area contributed by atoms with Crippen LogP contribution >= 0.6 is 11.6 Å². The third-order valence-electron chi connectivity index (χ3n) is 6.79. The molecule has 0 fully saturated rings. The second kappa shape index (κ2) is 10.9. The molecule has 5 rings (SSSR count). The molecule has 4 nitrogen and oxygen atoms in total. The number of alkyl halides is 3. The van der Waals surface area contributed by atoms with Crippen molar-refractivity contribution in [3.05, 3.63) is 124 Å². The number of halogens is 4. The SMILES string of the molecule is O=C(Nc1ccc2c(c1)CCN(C(=O)Cc1ccc(Cl)cc1)C2)c1ccccc1-c1ccc(C(F)(F)F)cc1. The Kier molecular flexibility index (Phi) is 7.44. The number of nitrogens with one attached hydrogen (secondary N) is 1. The normalized spacial score (nSPS) is 13.1. The van der Waals surface area contributed by atoms with E-state index in [9.17, 15) is 22.8 Å². The number of hydrogen-bond donors (Lipinski definition) is 1. The van der Waals surface area contributed by atoms with Crippen LogP contribution in [-0.2, 0) is 30.4 Å². The van der Waals surface area contributed by atoms with Crippen LogP contribution in [0, 0.1) is 0 Å². The number of fused-ring (bicyclic) bond motifs is 1. The lowest BCUT2D eigenvalue weighted by molar-refractivity contribution is -0.137. The van der Waals surface area contributed by atoms with E-state index in [2.05, 4.69) is 5.32 Å². The third-order valence-corrected chi connectivity index (χ3v) is 7.04. The van der Waals surface area contributed by atoms with Crippen LogP contribution in [0.5, 0.6) is 0 Å². The van der Waals surface area contributed by atoms with Crippen molar-refractivity contribution in [2.45, 2.75) is 25.6 Å².